The van der Waals surface area contributed by atoms with Crippen molar-refractivity contribution in [2.75, 3.05) is 13.2 Å². The molecule has 2 aliphatic rings. The zero-order valence-corrected chi connectivity index (χ0v) is 12.2. The van der Waals surface area contributed by atoms with Crippen molar-refractivity contribution in [1.29, 1.82) is 0 Å². The molecule has 1 fully saturated rings. The van der Waals surface area contributed by atoms with E-state index in [1.54, 1.807) is 0 Å². The summed E-state index contributed by atoms with van der Waals surface area (Å²) in [6, 6.07) is 6.37. The van der Waals surface area contributed by atoms with Gasteiger partial charge in [-0.25, -0.2) is 0 Å². The van der Waals surface area contributed by atoms with Crippen molar-refractivity contribution in [3.8, 4) is 5.75 Å². The summed E-state index contributed by atoms with van der Waals surface area (Å²) in [6.45, 7) is 3.12. The Labute approximate surface area is 120 Å². The van der Waals surface area contributed by atoms with Gasteiger partial charge in [0.05, 0.1) is 12.7 Å². The lowest BCUT2D eigenvalue weighted by molar-refractivity contribution is -0.0207. The van der Waals surface area contributed by atoms with Crippen LogP contribution in [0.2, 0.25) is 0 Å². The maximum absolute atomic E-state index is 9.14. The second kappa shape index (κ2) is 6.15. The number of aliphatic hydroxyl groups is 1. The Bertz CT molecular complexity index is 450. The van der Waals surface area contributed by atoms with Gasteiger partial charge in [0.25, 0.3) is 0 Å². The molecule has 3 rings (SSSR count). The van der Waals surface area contributed by atoms with Crippen molar-refractivity contribution in [3.63, 3.8) is 0 Å². The summed E-state index contributed by atoms with van der Waals surface area (Å²) < 4.78 is 11.9. The SMILES string of the molecule is Cc1ccc2c(c1)CC(COC1CCC(CO)CC1)O2. The number of aliphatic hydroxyl groups excluding tert-OH is 1. The van der Waals surface area contributed by atoms with Crippen LogP contribution in [0.25, 0.3) is 0 Å². The highest BCUT2D eigenvalue weighted by Crippen LogP contribution is 2.31. The van der Waals surface area contributed by atoms with E-state index < -0.39 is 0 Å². The number of aryl methyl sites for hydroxylation is 1. The van der Waals surface area contributed by atoms with E-state index >= 15 is 0 Å². The van der Waals surface area contributed by atoms with Crippen LogP contribution in [-0.4, -0.2) is 30.5 Å². The van der Waals surface area contributed by atoms with E-state index in [1.807, 2.05) is 0 Å². The van der Waals surface area contributed by atoms with Crippen LogP contribution in [0.1, 0.15) is 36.8 Å². The lowest BCUT2D eigenvalue weighted by Crippen LogP contribution is -2.28. The summed E-state index contributed by atoms with van der Waals surface area (Å²) in [5, 5.41) is 9.14. The third-order valence-electron chi connectivity index (χ3n) is 4.53. The molecule has 1 aliphatic carbocycles. The summed E-state index contributed by atoms with van der Waals surface area (Å²) in [6.07, 6.45) is 5.81. The van der Waals surface area contributed by atoms with E-state index in [1.165, 1.54) is 11.1 Å². The monoisotopic (exact) mass is 276 g/mol. The number of hydrogen-bond donors (Lipinski definition) is 1. The van der Waals surface area contributed by atoms with Gasteiger partial charge in [-0.1, -0.05) is 17.7 Å². The first-order chi connectivity index (χ1) is 9.74. The molecule has 1 N–H and O–H groups in total. The largest absolute Gasteiger partial charge is 0.487 e. The van der Waals surface area contributed by atoms with E-state index in [9.17, 15) is 0 Å². The summed E-state index contributed by atoms with van der Waals surface area (Å²) in [5.41, 5.74) is 2.60. The molecule has 3 nitrogen and oxygen atoms in total. The highest BCUT2D eigenvalue weighted by Gasteiger charge is 2.26. The van der Waals surface area contributed by atoms with Gasteiger partial charge in [0.1, 0.15) is 11.9 Å². The number of fused-ring (bicyclic) bond motifs is 1. The third-order valence-corrected chi connectivity index (χ3v) is 4.53. The van der Waals surface area contributed by atoms with Crippen LogP contribution in [0, 0.1) is 12.8 Å². The molecule has 0 saturated heterocycles. The second-order valence-corrected chi connectivity index (χ2v) is 6.21. The van der Waals surface area contributed by atoms with Gasteiger partial charge in [-0.2, -0.15) is 0 Å². The number of ether oxygens (including phenoxy) is 2. The highest BCUT2D eigenvalue weighted by molar-refractivity contribution is 5.40. The Morgan fingerprint density at radius 3 is 2.80 bits per heavy atom. The molecule has 1 aromatic rings. The minimum Gasteiger partial charge on any atom is -0.487 e. The molecule has 0 bridgehead atoms. The predicted molar refractivity (Wildman–Crippen MR) is 78.1 cm³/mol. The maximum Gasteiger partial charge on any atom is 0.126 e. The molecule has 0 aromatic heterocycles. The van der Waals surface area contributed by atoms with Gasteiger partial charge in [0.15, 0.2) is 0 Å². The first-order valence-corrected chi connectivity index (χ1v) is 7.73. The molecule has 1 heterocycles. The van der Waals surface area contributed by atoms with Crippen LogP contribution in [0.5, 0.6) is 5.75 Å². The fraction of sp³-hybridized carbons (Fsp3) is 0.647. The van der Waals surface area contributed by atoms with Gasteiger partial charge in [-0.15, -0.1) is 0 Å². The number of benzene rings is 1. The standard InChI is InChI=1S/C17H24O3/c1-12-2-7-17-14(8-12)9-16(20-17)11-19-15-5-3-13(10-18)4-6-15/h2,7-8,13,15-16,18H,3-6,9-11H2,1H3. The maximum atomic E-state index is 9.14. The van der Waals surface area contributed by atoms with Crippen LogP contribution in [0.4, 0.5) is 0 Å². The lowest BCUT2D eigenvalue weighted by atomic mass is 9.88. The molecule has 1 saturated carbocycles. The van der Waals surface area contributed by atoms with Crippen molar-refractivity contribution in [3.05, 3.63) is 29.3 Å². The van der Waals surface area contributed by atoms with E-state index in [-0.39, 0.29) is 6.10 Å². The fourth-order valence-electron chi connectivity index (χ4n) is 3.27. The zero-order chi connectivity index (χ0) is 13.9. The molecule has 3 heteroatoms. The van der Waals surface area contributed by atoms with Crippen molar-refractivity contribution < 1.29 is 14.6 Å². The molecular weight excluding hydrogens is 252 g/mol. The molecule has 1 atom stereocenters. The Morgan fingerprint density at radius 1 is 1.25 bits per heavy atom. The fourth-order valence-corrected chi connectivity index (χ4v) is 3.27. The minimum atomic E-state index is 0.169. The van der Waals surface area contributed by atoms with E-state index in [0.29, 0.717) is 25.2 Å². The summed E-state index contributed by atoms with van der Waals surface area (Å²) >= 11 is 0. The molecule has 1 aliphatic heterocycles. The van der Waals surface area contributed by atoms with Gasteiger partial charge in [0.2, 0.25) is 0 Å². The van der Waals surface area contributed by atoms with Gasteiger partial charge in [-0.05, 0) is 50.2 Å². The molecule has 0 spiro atoms. The normalized spacial score (nSPS) is 29.0. The summed E-state index contributed by atoms with van der Waals surface area (Å²) in [5.74, 6) is 1.51. The van der Waals surface area contributed by atoms with Gasteiger partial charge in [0, 0.05) is 13.0 Å². The molecule has 1 unspecified atom stereocenters. The predicted octanol–water partition coefficient (Wildman–Crippen LogP) is 2.87. The molecule has 20 heavy (non-hydrogen) atoms. The number of rotatable bonds is 4. The number of hydrogen-bond acceptors (Lipinski definition) is 3. The smallest absolute Gasteiger partial charge is 0.126 e. The molecule has 1 aromatic carbocycles. The Kier molecular flexibility index (Phi) is 4.27. The molecular formula is C17H24O3. The minimum absolute atomic E-state index is 0.169. The van der Waals surface area contributed by atoms with Crippen molar-refractivity contribution in [1.82, 2.24) is 0 Å². The Morgan fingerprint density at radius 2 is 2.05 bits per heavy atom. The van der Waals surface area contributed by atoms with E-state index in [4.69, 9.17) is 14.6 Å². The lowest BCUT2D eigenvalue weighted by Gasteiger charge is -2.28. The highest BCUT2D eigenvalue weighted by atomic mass is 16.5. The average molecular weight is 276 g/mol. The Hall–Kier alpha value is -1.06. The van der Waals surface area contributed by atoms with Crippen molar-refractivity contribution in [2.45, 2.75) is 51.2 Å². The van der Waals surface area contributed by atoms with Gasteiger partial charge < -0.3 is 14.6 Å². The van der Waals surface area contributed by atoms with Crippen molar-refractivity contribution >= 4 is 0 Å². The first-order valence-electron chi connectivity index (χ1n) is 7.73. The Balaban J connectivity index is 1.45. The van der Waals surface area contributed by atoms with E-state index in [0.717, 1.165) is 37.9 Å². The van der Waals surface area contributed by atoms with Crippen LogP contribution in [-0.2, 0) is 11.2 Å². The second-order valence-electron chi connectivity index (χ2n) is 6.21. The topological polar surface area (TPSA) is 38.7 Å². The quantitative estimate of drug-likeness (QED) is 0.919. The van der Waals surface area contributed by atoms with Gasteiger partial charge in [-0.3, -0.25) is 0 Å². The molecule has 0 radical (unpaired) electrons. The van der Waals surface area contributed by atoms with Crippen LogP contribution in [0.15, 0.2) is 18.2 Å². The first kappa shape index (κ1) is 13.9. The van der Waals surface area contributed by atoms with E-state index in [2.05, 4.69) is 25.1 Å². The summed E-state index contributed by atoms with van der Waals surface area (Å²) in [4.78, 5) is 0. The average Bonchev–Trinajstić information content (AvgIpc) is 2.87. The van der Waals surface area contributed by atoms with Crippen LogP contribution < -0.4 is 4.74 Å². The molecule has 110 valence electrons. The third kappa shape index (κ3) is 3.15. The summed E-state index contributed by atoms with van der Waals surface area (Å²) in [7, 11) is 0. The van der Waals surface area contributed by atoms with Crippen LogP contribution >= 0.6 is 0 Å². The van der Waals surface area contributed by atoms with Crippen LogP contribution in [0.3, 0.4) is 0 Å². The van der Waals surface area contributed by atoms with Crippen molar-refractivity contribution in [2.24, 2.45) is 5.92 Å². The zero-order valence-electron chi connectivity index (χ0n) is 12.2. The molecule has 0 amide bonds. The van der Waals surface area contributed by atoms with Gasteiger partial charge >= 0.3 is 0 Å².